The lowest BCUT2D eigenvalue weighted by Crippen LogP contribution is -2.38. The number of ether oxygens (including phenoxy) is 1. The number of rotatable bonds is 11. The predicted octanol–water partition coefficient (Wildman–Crippen LogP) is 2.50. The second kappa shape index (κ2) is 16.1. The minimum atomic E-state index is -0.140. The number of nitrogens with one attached hydrogen (secondary N) is 3. The normalized spacial score (nSPS) is 10.6. The lowest BCUT2D eigenvalue weighted by Gasteiger charge is -2.12. The molecule has 1 aromatic carbocycles. The molecule has 1 amide bonds. The van der Waals surface area contributed by atoms with Gasteiger partial charge in [0.2, 0.25) is 0 Å². The molecule has 0 heterocycles. The van der Waals surface area contributed by atoms with Crippen molar-refractivity contribution in [3.8, 4) is 0 Å². The minimum Gasteiger partial charge on any atom is -0.469 e. The van der Waals surface area contributed by atoms with Crippen LogP contribution in [-0.4, -0.2) is 52.1 Å². The number of hydrogen-bond acceptors (Lipinski definition) is 4. The maximum Gasteiger partial charge on any atom is 0.305 e. The highest BCUT2D eigenvalue weighted by Gasteiger charge is 2.04. The summed E-state index contributed by atoms with van der Waals surface area (Å²) in [4.78, 5) is 26.9. The molecule has 0 spiro atoms. The summed E-state index contributed by atoms with van der Waals surface area (Å²) in [5.41, 5.74) is 1.77. The first-order valence-corrected chi connectivity index (χ1v) is 9.43. The Kier molecular flexibility index (Phi) is 15.1. The van der Waals surface area contributed by atoms with Crippen molar-refractivity contribution in [2.75, 3.05) is 34.3 Å². The molecular formula is C20H33IN4O3. The molecule has 0 aliphatic rings. The molecule has 7 nitrogen and oxygen atoms in total. The van der Waals surface area contributed by atoms with E-state index in [0.717, 1.165) is 56.7 Å². The van der Waals surface area contributed by atoms with Crippen molar-refractivity contribution < 1.29 is 14.3 Å². The van der Waals surface area contributed by atoms with Crippen LogP contribution < -0.4 is 16.0 Å². The Morgan fingerprint density at radius 2 is 1.79 bits per heavy atom. The van der Waals surface area contributed by atoms with Crippen LogP contribution in [-0.2, 0) is 16.0 Å². The SMILES string of the molecule is CN=C(NCCCCCCC(=O)OC)NCCc1cccc(C(=O)NC)c1.I. The number of halogens is 1. The van der Waals surface area contributed by atoms with Gasteiger partial charge in [-0.1, -0.05) is 25.0 Å². The summed E-state index contributed by atoms with van der Waals surface area (Å²) >= 11 is 0. The fraction of sp³-hybridized carbons (Fsp3) is 0.550. The van der Waals surface area contributed by atoms with Crippen molar-refractivity contribution in [2.24, 2.45) is 4.99 Å². The van der Waals surface area contributed by atoms with E-state index in [1.54, 1.807) is 20.2 Å². The molecule has 0 unspecified atom stereocenters. The van der Waals surface area contributed by atoms with Gasteiger partial charge in [-0.2, -0.15) is 0 Å². The molecule has 0 aromatic heterocycles. The molecule has 8 heteroatoms. The molecule has 0 aliphatic carbocycles. The Balaban J connectivity index is 0.00000729. The first-order valence-electron chi connectivity index (χ1n) is 9.43. The number of carbonyl (C=O) groups is 2. The molecule has 158 valence electrons. The lowest BCUT2D eigenvalue weighted by atomic mass is 10.1. The number of aliphatic imine (C=N–C) groups is 1. The number of carbonyl (C=O) groups excluding carboxylic acids is 2. The van der Waals surface area contributed by atoms with Gasteiger partial charge in [-0.25, -0.2) is 0 Å². The Morgan fingerprint density at radius 1 is 1.07 bits per heavy atom. The lowest BCUT2D eigenvalue weighted by molar-refractivity contribution is -0.140. The van der Waals surface area contributed by atoms with E-state index in [-0.39, 0.29) is 35.9 Å². The summed E-state index contributed by atoms with van der Waals surface area (Å²) in [5, 5.41) is 9.21. The summed E-state index contributed by atoms with van der Waals surface area (Å²) in [6.45, 7) is 1.57. The van der Waals surface area contributed by atoms with E-state index >= 15 is 0 Å². The molecule has 0 radical (unpaired) electrons. The van der Waals surface area contributed by atoms with E-state index in [0.29, 0.717) is 12.0 Å². The van der Waals surface area contributed by atoms with Crippen molar-refractivity contribution in [2.45, 2.75) is 38.5 Å². The van der Waals surface area contributed by atoms with Crippen molar-refractivity contribution in [3.05, 3.63) is 35.4 Å². The van der Waals surface area contributed by atoms with Crippen LogP contribution in [0.4, 0.5) is 0 Å². The van der Waals surface area contributed by atoms with Gasteiger partial charge in [0, 0.05) is 39.2 Å². The van der Waals surface area contributed by atoms with Crippen LogP contribution in [0, 0.1) is 0 Å². The molecule has 0 bridgehead atoms. The molecule has 0 fully saturated rings. The monoisotopic (exact) mass is 504 g/mol. The molecule has 1 rings (SSSR count). The Labute approximate surface area is 185 Å². The zero-order chi connectivity index (χ0) is 19.9. The highest BCUT2D eigenvalue weighted by molar-refractivity contribution is 14.0. The summed E-state index contributed by atoms with van der Waals surface area (Å²) in [5.74, 6) is 0.555. The van der Waals surface area contributed by atoms with Crippen molar-refractivity contribution in [1.82, 2.24) is 16.0 Å². The highest BCUT2D eigenvalue weighted by Crippen LogP contribution is 2.06. The molecule has 0 atom stereocenters. The zero-order valence-electron chi connectivity index (χ0n) is 17.0. The molecule has 0 saturated heterocycles. The second-order valence-electron chi connectivity index (χ2n) is 6.20. The van der Waals surface area contributed by atoms with Gasteiger partial charge in [-0.3, -0.25) is 14.6 Å². The van der Waals surface area contributed by atoms with Crippen LogP contribution in [0.3, 0.4) is 0 Å². The smallest absolute Gasteiger partial charge is 0.305 e. The van der Waals surface area contributed by atoms with Gasteiger partial charge < -0.3 is 20.7 Å². The van der Waals surface area contributed by atoms with E-state index in [9.17, 15) is 9.59 Å². The van der Waals surface area contributed by atoms with Gasteiger partial charge >= 0.3 is 5.97 Å². The van der Waals surface area contributed by atoms with Crippen molar-refractivity contribution in [1.29, 1.82) is 0 Å². The fourth-order valence-corrected chi connectivity index (χ4v) is 2.62. The van der Waals surface area contributed by atoms with E-state index in [1.807, 2.05) is 18.2 Å². The molecule has 0 saturated carbocycles. The number of hydrogen-bond donors (Lipinski definition) is 3. The number of nitrogens with zero attached hydrogens (tertiary/aromatic N) is 1. The fourth-order valence-electron chi connectivity index (χ4n) is 2.62. The average Bonchev–Trinajstić information content (AvgIpc) is 2.70. The minimum absolute atomic E-state index is 0. The van der Waals surface area contributed by atoms with Gasteiger partial charge in [0.05, 0.1) is 7.11 Å². The largest absolute Gasteiger partial charge is 0.469 e. The molecule has 28 heavy (non-hydrogen) atoms. The van der Waals surface area contributed by atoms with Crippen LogP contribution in [0.25, 0.3) is 0 Å². The number of methoxy groups -OCH3 is 1. The van der Waals surface area contributed by atoms with Crippen LogP contribution in [0.2, 0.25) is 0 Å². The first-order chi connectivity index (χ1) is 13.1. The summed E-state index contributed by atoms with van der Waals surface area (Å²) in [6, 6.07) is 7.62. The third kappa shape index (κ3) is 11.1. The molecule has 0 aliphatic heterocycles. The number of unbranched alkanes of at least 4 members (excludes halogenated alkanes) is 3. The summed E-state index contributed by atoms with van der Waals surface area (Å²) in [6.07, 6.45) is 5.27. The third-order valence-electron chi connectivity index (χ3n) is 4.17. The number of amides is 1. The quantitative estimate of drug-likeness (QED) is 0.142. The van der Waals surface area contributed by atoms with Gasteiger partial charge in [-0.05, 0) is 37.0 Å². The Hall–Kier alpha value is -1.84. The predicted molar refractivity (Wildman–Crippen MR) is 123 cm³/mol. The second-order valence-corrected chi connectivity index (χ2v) is 6.20. The van der Waals surface area contributed by atoms with Crippen LogP contribution in [0.15, 0.2) is 29.3 Å². The number of benzene rings is 1. The number of esters is 1. The third-order valence-corrected chi connectivity index (χ3v) is 4.17. The van der Waals surface area contributed by atoms with Crippen LogP contribution in [0.5, 0.6) is 0 Å². The van der Waals surface area contributed by atoms with Gasteiger partial charge in [-0.15, -0.1) is 24.0 Å². The zero-order valence-corrected chi connectivity index (χ0v) is 19.4. The number of guanidine groups is 1. The van der Waals surface area contributed by atoms with Gasteiger partial charge in [0.1, 0.15) is 0 Å². The van der Waals surface area contributed by atoms with E-state index in [4.69, 9.17) is 0 Å². The Bertz CT molecular complexity index is 623. The standard InChI is InChI=1S/C20H32N4O3.HI/c1-21-19(26)17-10-8-9-16(15-17)12-14-24-20(22-2)23-13-7-5-4-6-11-18(25)27-3;/h8-10,15H,4-7,11-14H2,1-3H3,(H,21,26)(H2,22,23,24);1H. The summed E-state index contributed by atoms with van der Waals surface area (Å²) in [7, 11) is 4.80. The van der Waals surface area contributed by atoms with Crippen molar-refractivity contribution >= 4 is 41.8 Å². The van der Waals surface area contributed by atoms with E-state index < -0.39 is 0 Å². The van der Waals surface area contributed by atoms with Gasteiger partial charge in [0.25, 0.3) is 5.91 Å². The van der Waals surface area contributed by atoms with Crippen molar-refractivity contribution in [3.63, 3.8) is 0 Å². The van der Waals surface area contributed by atoms with Crippen LogP contribution in [0.1, 0.15) is 48.0 Å². The van der Waals surface area contributed by atoms with Gasteiger partial charge in [0.15, 0.2) is 5.96 Å². The molecule has 1 aromatic rings. The first kappa shape index (κ1) is 26.2. The maximum atomic E-state index is 11.7. The molecular weight excluding hydrogens is 471 g/mol. The van der Waals surface area contributed by atoms with E-state index in [1.165, 1.54) is 7.11 Å². The highest BCUT2D eigenvalue weighted by atomic mass is 127. The van der Waals surface area contributed by atoms with E-state index in [2.05, 4.69) is 25.7 Å². The van der Waals surface area contributed by atoms with Crippen LogP contribution >= 0.6 is 24.0 Å². The average molecular weight is 504 g/mol. The summed E-state index contributed by atoms with van der Waals surface area (Å²) < 4.78 is 4.62. The Morgan fingerprint density at radius 3 is 2.46 bits per heavy atom. The topological polar surface area (TPSA) is 91.8 Å². The molecule has 3 N–H and O–H groups in total. The maximum absolute atomic E-state index is 11.7.